The number of hydrogen-bond acceptors (Lipinski definition) is 8. The Hall–Kier alpha value is -3.59. The summed E-state index contributed by atoms with van der Waals surface area (Å²) in [7, 11) is -1.59. The van der Waals surface area contributed by atoms with E-state index in [0.717, 1.165) is 12.1 Å². The molecule has 0 atom stereocenters. The molecule has 0 saturated carbocycles. The third kappa shape index (κ3) is 3.15. The molecule has 2 aromatic carbocycles. The highest BCUT2D eigenvalue weighted by atomic mass is 32.2. The van der Waals surface area contributed by atoms with E-state index >= 15 is 0 Å². The molecule has 0 spiro atoms. The fourth-order valence-electron chi connectivity index (χ4n) is 2.89. The van der Waals surface area contributed by atoms with Crippen LogP contribution in [-0.4, -0.2) is 22.6 Å². The van der Waals surface area contributed by atoms with Gasteiger partial charge < -0.3 is 18.3 Å². The summed E-state index contributed by atoms with van der Waals surface area (Å²) in [4.78, 5) is 23.4. The van der Waals surface area contributed by atoms with Crippen LogP contribution in [0.5, 0.6) is 11.5 Å². The van der Waals surface area contributed by atoms with Crippen LogP contribution in [0, 0.1) is 0 Å². The summed E-state index contributed by atoms with van der Waals surface area (Å²) in [6.45, 7) is 0. The van der Waals surface area contributed by atoms with Gasteiger partial charge in [-0.25, -0.2) is 18.0 Å². The minimum absolute atomic E-state index is 0.158. The summed E-state index contributed by atoms with van der Waals surface area (Å²) in [5.41, 5.74) is -1.88. The monoisotopic (exact) mass is 414 g/mol. The Kier molecular flexibility index (Phi) is 4.39. The van der Waals surface area contributed by atoms with Gasteiger partial charge in [-0.05, 0) is 36.4 Å². The maximum Gasteiger partial charge on any atom is 0.355 e. The number of benzene rings is 2. The van der Waals surface area contributed by atoms with Crippen molar-refractivity contribution in [2.75, 3.05) is 14.2 Å². The van der Waals surface area contributed by atoms with Crippen LogP contribution in [0.15, 0.2) is 76.7 Å². The molecular formula is C20H14O8S. The molecule has 2 heterocycles. The van der Waals surface area contributed by atoms with Crippen LogP contribution in [0.1, 0.15) is 0 Å². The lowest BCUT2D eigenvalue weighted by atomic mass is 10.2. The molecule has 8 nitrogen and oxygen atoms in total. The van der Waals surface area contributed by atoms with Gasteiger partial charge in [-0.15, -0.1) is 0 Å². The lowest BCUT2D eigenvalue weighted by Crippen LogP contribution is -2.20. The topological polar surface area (TPSA) is 113 Å². The molecular weight excluding hydrogens is 400 g/mol. The van der Waals surface area contributed by atoms with Gasteiger partial charge >= 0.3 is 11.3 Å². The van der Waals surface area contributed by atoms with Crippen LogP contribution in [0.4, 0.5) is 0 Å². The van der Waals surface area contributed by atoms with E-state index in [1.54, 1.807) is 24.3 Å². The van der Waals surface area contributed by atoms with E-state index in [1.807, 2.05) is 0 Å². The highest BCUT2D eigenvalue weighted by molar-refractivity contribution is 7.91. The molecule has 0 N–H and O–H groups in total. The van der Waals surface area contributed by atoms with Crippen molar-refractivity contribution in [3.05, 3.63) is 69.4 Å². The zero-order chi connectivity index (χ0) is 20.8. The maximum absolute atomic E-state index is 13.0. The molecule has 0 aliphatic rings. The van der Waals surface area contributed by atoms with Crippen LogP contribution in [0.3, 0.4) is 0 Å². The molecule has 0 amide bonds. The van der Waals surface area contributed by atoms with Crippen LogP contribution in [-0.2, 0) is 9.84 Å². The number of methoxy groups -OCH3 is 2. The number of hydrogen-bond donors (Lipinski definition) is 0. The molecule has 0 aliphatic heterocycles. The zero-order valence-corrected chi connectivity index (χ0v) is 16.1. The third-order valence-electron chi connectivity index (χ3n) is 4.40. The number of fused-ring (bicyclic) bond motifs is 2. The first-order valence-corrected chi connectivity index (χ1v) is 9.81. The maximum atomic E-state index is 13.0. The van der Waals surface area contributed by atoms with Gasteiger partial charge in [0.2, 0.25) is 9.84 Å². The van der Waals surface area contributed by atoms with E-state index in [-0.39, 0.29) is 11.2 Å². The minimum atomic E-state index is -4.49. The average molecular weight is 414 g/mol. The van der Waals surface area contributed by atoms with Crippen molar-refractivity contribution >= 4 is 31.8 Å². The first kappa shape index (κ1) is 18.8. The summed E-state index contributed by atoms with van der Waals surface area (Å²) >= 11 is 0. The average Bonchev–Trinajstić information content (AvgIpc) is 2.71. The second-order valence-electron chi connectivity index (χ2n) is 6.11. The van der Waals surface area contributed by atoms with Crippen LogP contribution in [0.25, 0.3) is 21.9 Å². The van der Waals surface area contributed by atoms with Gasteiger partial charge in [0, 0.05) is 22.9 Å². The molecule has 9 heteroatoms. The normalized spacial score (nSPS) is 11.7. The third-order valence-corrected chi connectivity index (χ3v) is 6.13. The Morgan fingerprint density at radius 3 is 1.48 bits per heavy atom. The van der Waals surface area contributed by atoms with Crippen LogP contribution >= 0.6 is 0 Å². The van der Waals surface area contributed by atoms with Crippen molar-refractivity contribution in [3.8, 4) is 11.5 Å². The summed E-state index contributed by atoms with van der Waals surface area (Å²) in [5.74, 6) is 0.892. The summed E-state index contributed by atoms with van der Waals surface area (Å²) in [6, 6.07) is 11.5. The van der Waals surface area contributed by atoms with Crippen molar-refractivity contribution in [1.29, 1.82) is 0 Å². The minimum Gasteiger partial charge on any atom is -0.497 e. The molecule has 2 aromatic heterocycles. The molecule has 0 bridgehead atoms. The quantitative estimate of drug-likeness (QED) is 0.469. The van der Waals surface area contributed by atoms with Gasteiger partial charge in [0.25, 0.3) is 0 Å². The summed E-state index contributed by atoms with van der Waals surface area (Å²) in [6.07, 6.45) is 0. The predicted molar refractivity (Wildman–Crippen MR) is 104 cm³/mol. The van der Waals surface area contributed by atoms with Gasteiger partial charge in [-0.3, -0.25) is 0 Å². The molecule has 0 fully saturated rings. The van der Waals surface area contributed by atoms with Gasteiger partial charge in [-0.1, -0.05) is 0 Å². The molecule has 0 saturated heterocycles. The fraction of sp³-hybridized carbons (Fsp3) is 0.100. The molecule has 0 unspecified atom stereocenters. The first-order chi connectivity index (χ1) is 13.8. The van der Waals surface area contributed by atoms with E-state index in [0.29, 0.717) is 22.3 Å². The lowest BCUT2D eigenvalue weighted by Gasteiger charge is -2.06. The van der Waals surface area contributed by atoms with Crippen molar-refractivity contribution < 1.29 is 26.7 Å². The van der Waals surface area contributed by atoms with E-state index in [2.05, 4.69) is 0 Å². The van der Waals surface area contributed by atoms with Crippen LogP contribution in [0.2, 0.25) is 0 Å². The lowest BCUT2D eigenvalue weighted by molar-refractivity contribution is 0.413. The van der Waals surface area contributed by atoms with E-state index < -0.39 is 30.9 Å². The summed E-state index contributed by atoms with van der Waals surface area (Å²) < 4.78 is 46.5. The molecule has 0 radical (unpaired) electrons. The van der Waals surface area contributed by atoms with Gasteiger partial charge in [0.1, 0.15) is 22.7 Å². The van der Waals surface area contributed by atoms with Crippen molar-refractivity contribution in [2.45, 2.75) is 9.79 Å². The van der Waals surface area contributed by atoms with Crippen LogP contribution < -0.4 is 20.7 Å². The standard InChI is InChI=1S/C20H14O8S/c1-25-13-5-3-11-7-17(19(21)27-15(11)9-13)29(23,24)18-8-12-4-6-14(26-2)10-16(12)28-20(18)22/h3-10H,1-2H3. The van der Waals surface area contributed by atoms with Crippen molar-refractivity contribution in [2.24, 2.45) is 0 Å². The smallest absolute Gasteiger partial charge is 0.355 e. The fourth-order valence-corrected chi connectivity index (χ4v) is 4.22. The zero-order valence-electron chi connectivity index (χ0n) is 15.3. The van der Waals surface area contributed by atoms with Gasteiger partial charge in [0.15, 0.2) is 9.79 Å². The largest absolute Gasteiger partial charge is 0.497 e. The van der Waals surface area contributed by atoms with E-state index in [4.69, 9.17) is 18.3 Å². The number of ether oxygens (including phenoxy) is 2. The molecule has 4 rings (SSSR count). The Bertz CT molecular complexity index is 1370. The van der Waals surface area contributed by atoms with Crippen molar-refractivity contribution in [1.82, 2.24) is 0 Å². The SMILES string of the molecule is COc1ccc2cc(S(=O)(=O)c3cc4ccc(OC)cc4oc3=O)c(=O)oc2c1. The summed E-state index contributed by atoms with van der Waals surface area (Å²) in [5, 5.41) is 0.720. The highest BCUT2D eigenvalue weighted by Gasteiger charge is 2.28. The number of rotatable bonds is 4. The first-order valence-electron chi connectivity index (χ1n) is 8.32. The molecule has 29 heavy (non-hydrogen) atoms. The molecule has 148 valence electrons. The second kappa shape index (κ2) is 6.78. The molecule has 4 aromatic rings. The highest BCUT2D eigenvalue weighted by Crippen LogP contribution is 2.26. The Labute approximate surface area is 163 Å². The van der Waals surface area contributed by atoms with Gasteiger partial charge in [-0.2, -0.15) is 0 Å². The van der Waals surface area contributed by atoms with Gasteiger partial charge in [0.05, 0.1) is 14.2 Å². The Morgan fingerprint density at radius 2 is 1.10 bits per heavy atom. The second-order valence-corrected chi connectivity index (χ2v) is 7.99. The van der Waals surface area contributed by atoms with E-state index in [9.17, 15) is 18.0 Å². The Balaban J connectivity index is 1.93. The van der Waals surface area contributed by atoms with Crippen molar-refractivity contribution in [3.63, 3.8) is 0 Å². The molecule has 0 aliphatic carbocycles. The Morgan fingerprint density at radius 1 is 0.690 bits per heavy atom. The number of sulfone groups is 1. The van der Waals surface area contributed by atoms with E-state index in [1.165, 1.54) is 26.4 Å². The predicted octanol–water partition coefficient (Wildman–Crippen LogP) is 2.75.